The van der Waals surface area contributed by atoms with Crippen molar-refractivity contribution in [2.24, 2.45) is 4.99 Å². The highest BCUT2D eigenvalue weighted by molar-refractivity contribution is 8.16. The zero-order chi connectivity index (χ0) is 23.4. The molecule has 172 valence electrons. The van der Waals surface area contributed by atoms with E-state index < -0.39 is 12.0 Å². The number of nitrogens with one attached hydrogen (secondary N) is 1. The molecule has 3 heterocycles. The maximum absolute atomic E-state index is 12.9. The Bertz CT molecular complexity index is 1120. The molecule has 1 atom stereocenters. The van der Waals surface area contributed by atoms with Crippen LogP contribution in [0.3, 0.4) is 0 Å². The van der Waals surface area contributed by atoms with E-state index in [4.69, 9.17) is 18.9 Å². The number of benzene rings is 1. The van der Waals surface area contributed by atoms with Gasteiger partial charge >= 0.3 is 5.97 Å². The molecule has 0 bridgehead atoms. The van der Waals surface area contributed by atoms with Crippen molar-refractivity contribution in [3.63, 3.8) is 0 Å². The van der Waals surface area contributed by atoms with Gasteiger partial charge in [0.25, 0.3) is 0 Å². The van der Waals surface area contributed by atoms with Crippen molar-refractivity contribution < 1.29 is 23.5 Å². The van der Waals surface area contributed by atoms with E-state index in [1.165, 1.54) is 18.9 Å². The number of ether oxygens (including phenoxy) is 2. The molecule has 1 amide bonds. The number of aliphatic imine (C=N–C) groups is 1. The van der Waals surface area contributed by atoms with Crippen LogP contribution in [0.25, 0.3) is 0 Å². The van der Waals surface area contributed by atoms with Gasteiger partial charge < -0.3 is 24.1 Å². The Morgan fingerprint density at radius 2 is 2.00 bits per heavy atom. The summed E-state index contributed by atoms with van der Waals surface area (Å²) in [6, 6.07) is 10.7. The molecule has 4 rings (SSSR count). The van der Waals surface area contributed by atoms with Gasteiger partial charge in [0.05, 0.1) is 50.8 Å². The van der Waals surface area contributed by atoms with Gasteiger partial charge in [0.15, 0.2) is 5.17 Å². The molecule has 0 aliphatic carbocycles. The molecule has 0 spiro atoms. The number of amides is 1. The van der Waals surface area contributed by atoms with Crippen molar-refractivity contribution >= 4 is 28.8 Å². The third kappa shape index (κ3) is 4.68. The summed E-state index contributed by atoms with van der Waals surface area (Å²) in [5.41, 5.74) is 2.78. The van der Waals surface area contributed by atoms with Crippen LogP contribution in [-0.2, 0) is 20.9 Å². The van der Waals surface area contributed by atoms with E-state index in [9.17, 15) is 9.59 Å². The lowest BCUT2D eigenvalue weighted by atomic mass is 9.93. The average molecular weight is 468 g/mol. The first-order valence-corrected chi connectivity index (χ1v) is 11.4. The number of amidine groups is 1. The number of hydrogen-bond acceptors (Lipinski definition) is 8. The molecule has 0 unspecified atom stereocenters. The van der Waals surface area contributed by atoms with Crippen molar-refractivity contribution in [3.8, 4) is 5.75 Å². The quantitative estimate of drug-likeness (QED) is 0.584. The Hall–Kier alpha value is -3.46. The maximum atomic E-state index is 12.9. The third-order valence-corrected chi connectivity index (χ3v) is 6.33. The fourth-order valence-corrected chi connectivity index (χ4v) is 4.78. The van der Waals surface area contributed by atoms with Gasteiger partial charge in [0.1, 0.15) is 11.5 Å². The van der Waals surface area contributed by atoms with Crippen LogP contribution in [0.4, 0.5) is 0 Å². The van der Waals surface area contributed by atoms with E-state index >= 15 is 0 Å². The predicted molar refractivity (Wildman–Crippen MR) is 125 cm³/mol. The number of esters is 1. The number of thioether (sulfide) groups is 1. The van der Waals surface area contributed by atoms with Crippen LogP contribution in [-0.4, -0.2) is 36.2 Å². The van der Waals surface area contributed by atoms with E-state index in [-0.39, 0.29) is 12.3 Å². The molecular formula is C24H25N3O5S. The van der Waals surface area contributed by atoms with Crippen molar-refractivity contribution in [1.82, 2.24) is 10.2 Å². The minimum absolute atomic E-state index is 0.134. The van der Waals surface area contributed by atoms with Gasteiger partial charge in [-0.1, -0.05) is 30.8 Å². The molecule has 1 aromatic carbocycles. The maximum Gasteiger partial charge on any atom is 0.338 e. The third-order valence-electron chi connectivity index (χ3n) is 5.44. The van der Waals surface area contributed by atoms with Gasteiger partial charge in [-0.25, -0.2) is 9.79 Å². The number of nitrogens with zero attached hydrogens (tertiary/aromatic N) is 2. The lowest BCUT2D eigenvalue weighted by Crippen LogP contribution is -2.38. The first-order chi connectivity index (χ1) is 16.0. The van der Waals surface area contributed by atoms with Crippen LogP contribution in [0.2, 0.25) is 0 Å². The van der Waals surface area contributed by atoms with E-state index in [2.05, 4.69) is 5.32 Å². The Kier molecular flexibility index (Phi) is 6.88. The van der Waals surface area contributed by atoms with Gasteiger partial charge in [-0.3, -0.25) is 4.79 Å². The Balaban J connectivity index is 1.65. The zero-order valence-corrected chi connectivity index (χ0v) is 19.5. The largest absolute Gasteiger partial charge is 0.497 e. The number of rotatable bonds is 8. The first-order valence-electron chi connectivity index (χ1n) is 10.5. The minimum atomic E-state index is -0.468. The Labute approximate surface area is 196 Å². The topological polar surface area (TPSA) is 93.4 Å². The average Bonchev–Trinajstić information content (AvgIpc) is 3.51. The van der Waals surface area contributed by atoms with Crippen LogP contribution in [0, 0.1) is 0 Å². The highest BCUT2D eigenvalue weighted by Crippen LogP contribution is 2.45. The fraction of sp³-hybridized carbons (Fsp3) is 0.292. The zero-order valence-electron chi connectivity index (χ0n) is 18.7. The number of fused-ring (bicyclic) bond motifs is 1. The standard InChI is InChI=1S/C24H25N3O5S/c1-4-19-21(23(29)31-3)22(15-7-9-17(30-2)10-8-15)27-16(14-33-24(27)26-19)12-20(28)25-13-18-6-5-11-32-18/h5-11,14,22H,4,12-13H2,1-3H3,(H,25,28)/t22-/m1/s1. The predicted octanol–water partition coefficient (Wildman–Crippen LogP) is 4.13. The fourth-order valence-electron chi connectivity index (χ4n) is 3.84. The summed E-state index contributed by atoms with van der Waals surface area (Å²) in [5, 5.41) is 5.52. The van der Waals surface area contributed by atoms with Crippen LogP contribution in [0.15, 0.2) is 74.4 Å². The second-order valence-electron chi connectivity index (χ2n) is 7.41. The van der Waals surface area contributed by atoms with E-state index in [0.29, 0.717) is 35.7 Å². The van der Waals surface area contributed by atoms with E-state index in [1.54, 1.807) is 25.5 Å². The van der Waals surface area contributed by atoms with Crippen molar-refractivity contribution in [2.75, 3.05) is 14.2 Å². The minimum Gasteiger partial charge on any atom is -0.497 e. The monoisotopic (exact) mass is 467 g/mol. The van der Waals surface area contributed by atoms with Crippen LogP contribution < -0.4 is 10.1 Å². The lowest BCUT2D eigenvalue weighted by molar-refractivity contribution is -0.136. The van der Waals surface area contributed by atoms with Gasteiger partial charge in [-0.2, -0.15) is 0 Å². The highest BCUT2D eigenvalue weighted by atomic mass is 32.2. The summed E-state index contributed by atoms with van der Waals surface area (Å²) < 4.78 is 15.7. The summed E-state index contributed by atoms with van der Waals surface area (Å²) >= 11 is 1.44. The van der Waals surface area contributed by atoms with Crippen LogP contribution >= 0.6 is 11.8 Å². The van der Waals surface area contributed by atoms with Crippen LogP contribution in [0.1, 0.15) is 37.1 Å². The van der Waals surface area contributed by atoms with E-state index in [1.807, 2.05) is 41.5 Å². The molecule has 2 aliphatic rings. The molecule has 0 saturated heterocycles. The SMILES string of the molecule is CCC1=C(C(=O)OC)[C@@H](c2ccc(OC)cc2)N2C(CC(=O)NCc3ccco3)=CSC2=N1. The second kappa shape index (κ2) is 9.99. The smallest absolute Gasteiger partial charge is 0.338 e. The molecule has 0 fully saturated rings. The molecule has 8 nitrogen and oxygen atoms in total. The Morgan fingerprint density at radius 3 is 2.64 bits per heavy atom. The molecule has 2 aliphatic heterocycles. The molecule has 0 saturated carbocycles. The molecule has 33 heavy (non-hydrogen) atoms. The number of furan rings is 1. The summed E-state index contributed by atoms with van der Waals surface area (Å²) in [7, 11) is 2.97. The summed E-state index contributed by atoms with van der Waals surface area (Å²) in [4.78, 5) is 32.3. The number of carbonyl (C=O) groups is 2. The van der Waals surface area contributed by atoms with Gasteiger partial charge in [0.2, 0.25) is 5.91 Å². The number of carbonyl (C=O) groups excluding carboxylic acids is 2. The molecule has 0 radical (unpaired) electrons. The first kappa shape index (κ1) is 22.7. The second-order valence-corrected chi connectivity index (χ2v) is 8.24. The summed E-state index contributed by atoms with van der Waals surface area (Å²) in [6.07, 6.45) is 2.28. The Morgan fingerprint density at radius 1 is 1.21 bits per heavy atom. The van der Waals surface area contributed by atoms with Crippen molar-refractivity contribution in [2.45, 2.75) is 32.4 Å². The van der Waals surface area contributed by atoms with Crippen molar-refractivity contribution in [1.29, 1.82) is 0 Å². The number of hydrogen-bond donors (Lipinski definition) is 1. The van der Waals surface area contributed by atoms with Crippen LogP contribution in [0.5, 0.6) is 5.75 Å². The van der Waals surface area contributed by atoms with Gasteiger partial charge in [-0.05, 0) is 41.7 Å². The summed E-state index contributed by atoms with van der Waals surface area (Å²) in [5.74, 6) is 0.802. The highest BCUT2D eigenvalue weighted by Gasteiger charge is 2.41. The molecule has 9 heteroatoms. The molecule has 1 aromatic heterocycles. The van der Waals surface area contributed by atoms with Gasteiger partial charge in [-0.15, -0.1) is 0 Å². The number of methoxy groups -OCH3 is 2. The number of allylic oxidation sites excluding steroid dienone is 1. The molecular weight excluding hydrogens is 442 g/mol. The van der Waals surface area contributed by atoms with Crippen molar-refractivity contribution in [3.05, 3.63) is 76.4 Å². The van der Waals surface area contributed by atoms with E-state index in [0.717, 1.165) is 16.4 Å². The normalized spacial score (nSPS) is 17.3. The molecule has 2 aromatic rings. The molecule has 1 N–H and O–H groups in total. The lowest BCUT2D eigenvalue weighted by Gasteiger charge is -2.36. The van der Waals surface area contributed by atoms with Gasteiger partial charge in [0, 0.05) is 5.70 Å². The summed E-state index contributed by atoms with van der Waals surface area (Å²) in [6.45, 7) is 2.27.